The molecule has 22 heavy (non-hydrogen) atoms. The lowest BCUT2D eigenvalue weighted by molar-refractivity contribution is -0.141. The molecule has 0 bridgehead atoms. The zero-order valence-electron chi connectivity index (χ0n) is 13.3. The fraction of sp³-hybridized carbons (Fsp3) is 0.500. The number of hydrogen-bond donors (Lipinski definition) is 2. The van der Waals surface area contributed by atoms with Gasteiger partial charge < -0.3 is 20.7 Å². The number of nitrogens with one attached hydrogen (secondary N) is 1. The average molecular weight is 305 g/mol. The Bertz CT molecular complexity index is 564. The molecule has 3 N–H and O–H groups in total. The summed E-state index contributed by atoms with van der Waals surface area (Å²) in [6, 6.07) is 5.26. The van der Waals surface area contributed by atoms with Crippen LogP contribution in [-0.2, 0) is 9.53 Å². The lowest BCUT2D eigenvalue weighted by Crippen LogP contribution is -2.49. The molecule has 0 aromatic heterocycles. The predicted octanol–water partition coefficient (Wildman–Crippen LogP) is 1.14. The Hall–Kier alpha value is -2.08. The van der Waals surface area contributed by atoms with Crippen LogP contribution in [0, 0.1) is 6.92 Å². The molecule has 2 amide bonds. The highest BCUT2D eigenvalue weighted by Crippen LogP contribution is 2.18. The molecule has 0 saturated carbocycles. The van der Waals surface area contributed by atoms with Crippen LogP contribution in [0.2, 0.25) is 0 Å². The van der Waals surface area contributed by atoms with E-state index in [9.17, 15) is 9.59 Å². The molecule has 1 saturated heterocycles. The first-order valence-electron chi connectivity index (χ1n) is 7.45. The number of carbonyl (C=O) groups excluding carboxylic acids is 2. The van der Waals surface area contributed by atoms with Crippen molar-refractivity contribution in [3.8, 4) is 0 Å². The van der Waals surface area contributed by atoms with Crippen LogP contribution in [0.4, 0.5) is 5.69 Å². The average Bonchev–Trinajstić information content (AvgIpc) is 2.44. The highest BCUT2D eigenvalue weighted by atomic mass is 16.5. The van der Waals surface area contributed by atoms with Crippen molar-refractivity contribution in [1.29, 1.82) is 0 Å². The summed E-state index contributed by atoms with van der Waals surface area (Å²) >= 11 is 0. The molecular formula is C16H23N3O3. The van der Waals surface area contributed by atoms with Gasteiger partial charge in [-0.05, 0) is 38.5 Å². The lowest BCUT2D eigenvalue weighted by atomic mass is 10.1. The van der Waals surface area contributed by atoms with Crippen molar-refractivity contribution in [2.45, 2.75) is 33.0 Å². The second kappa shape index (κ2) is 6.79. The topological polar surface area (TPSA) is 84.7 Å². The van der Waals surface area contributed by atoms with E-state index in [1.54, 1.807) is 17.0 Å². The molecule has 1 aromatic carbocycles. The fourth-order valence-corrected chi connectivity index (χ4v) is 2.76. The van der Waals surface area contributed by atoms with Crippen LogP contribution >= 0.6 is 0 Å². The zero-order valence-corrected chi connectivity index (χ0v) is 13.3. The molecule has 0 radical (unpaired) electrons. The Kier molecular flexibility index (Phi) is 5.03. The quantitative estimate of drug-likeness (QED) is 0.873. The highest BCUT2D eigenvalue weighted by molar-refractivity contribution is 5.96. The minimum Gasteiger partial charge on any atom is -0.376 e. The third-order valence-corrected chi connectivity index (χ3v) is 3.80. The number of nitrogens with zero attached hydrogens (tertiary/aromatic N) is 1. The molecular weight excluding hydrogens is 282 g/mol. The highest BCUT2D eigenvalue weighted by Gasteiger charge is 2.25. The Morgan fingerprint density at radius 2 is 1.95 bits per heavy atom. The summed E-state index contributed by atoms with van der Waals surface area (Å²) in [5.74, 6) is -0.450. The molecule has 2 atom stereocenters. The second-order valence-corrected chi connectivity index (χ2v) is 5.75. The van der Waals surface area contributed by atoms with E-state index in [-0.39, 0.29) is 24.7 Å². The first kappa shape index (κ1) is 16.3. The van der Waals surface area contributed by atoms with E-state index in [4.69, 9.17) is 10.5 Å². The van der Waals surface area contributed by atoms with Gasteiger partial charge in [0.15, 0.2) is 0 Å². The second-order valence-electron chi connectivity index (χ2n) is 5.75. The van der Waals surface area contributed by atoms with Crippen molar-refractivity contribution in [1.82, 2.24) is 4.90 Å². The summed E-state index contributed by atoms with van der Waals surface area (Å²) in [6.45, 7) is 7.12. The van der Waals surface area contributed by atoms with E-state index < -0.39 is 5.91 Å². The van der Waals surface area contributed by atoms with Crippen molar-refractivity contribution in [2.24, 2.45) is 5.73 Å². The Morgan fingerprint density at radius 3 is 2.55 bits per heavy atom. The van der Waals surface area contributed by atoms with Gasteiger partial charge in [0.25, 0.3) is 0 Å². The number of morpholine rings is 1. The van der Waals surface area contributed by atoms with Gasteiger partial charge in [0.2, 0.25) is 11.8 Å². The fourth-order valence-electron chi connectivity index (χ4n) is 2.76. The van der Waals surface area contributed by atoms with Crippen LogP contribution in [-0.4, -0.2) is 48.6 Å². The minimum atomic E-state index is -0.469. The number of ether oxygens (including phenoxy) is 1. The van der Waals surface area contributed by atoms with Crippen molar-refractivity contribution < 1.29 is 14.3 Å². The van der Waals surface area contributed by atoms with Crippen LogP contribution in [0.5, 0.6) is 0 Å². The van der Waals surface area contributed by atoms with Crippen LogP contribution < -0.4 is 11.1 Å². The number of carbonyl (C=O) groups is 2. The Morgan fingerprint density at radius 1 is 1.32 bits per heavy atom. The molecule has 6 heteroatoms. The van der Waals surface area contributed by atoms with E-state index in [1.165, 1.54) is 0 Å². The van der Waals surface area contributed by atoms with Crippen molar-refractivity contribution in [2.75, 3.05) is 25.0 Å². The number of amides is 2. The van der Waals surface area contributed by atoms with Crippen LogP contribution in [0.15, 0.2) is 18.2 Å². The van der Waals surface area contributed by atoms with Crippen LogP contribution in [0.3, 0.4) is 0 Å². The van der Waals surface area contributed by atoms with Gasteiger partial charge in [-0.3, -0.25) is 9.59 Å². The van der Waals surface area contributed by atoms with E-state index in [2.05, 4.69) is 5.32 Å². The van der Waals surface area contributed by atoms with Gasteiger partial charge in [0.1, 0.15) is 0 Å². The SMILES string of the molecule is Cc1c(NCC(=O)N2CC(C)OC(C)C2)cccc1C(N)=O. The van der Waals surface area contributed by atoms with Crippen molar-refractivity contribution >= 4 is 17.5 Å². The monoisotopic (exact) mass is 305 g/mol. The number of benzene rings is 1. The molecule has 120 valence electrons. The molecule has 2 rings (SSSR count). The summed E-state index contributed by atoms with van der Waals surface area (Å²) in [7, 11) is 0. The van der Waals surface area contributed by atoms with Gasteiger partial charge in [0, 0.05) is 24.3 Å². The van der Waals surface area contributed by atoms with E-state index in [0.717, 1.165) is 11.3 Å². The van der Waals surface area contributed by atoms with Gasteiger partial charge >= 0.3 is 0 Å². The Labute approximate surface area is 130 Å². The first-order valence-corrected chi connectivity index (χ1v) is 7.45. The molecule has 1 fully saturated rings. The maximum Gasteiger partial charge on any atom is 0.249 e. The molecule has 1 aliphatic heterocycles. The first-order chi connectivity index (χ1) is 10.4. The third-order valence-electron chi connectivity index (χ3n) is 3.80. The molecule has 6 nitrogen and oxygen atoms in total. The minimum absolute atomic E-state index is 0.0193. The molecule has 2 unspecified atom stereocenters. The summed E-state index contributed by atoms with van der Waals surface area (Å²) in [6.07, 6.45) is 0.0975. The van der Waals surface area contributed by atoms with Crippen molar-refractivity contribution in [3.05, 3.63) is 29.3 Å². The van der Waals surface area contributed by atoms with E-state index in [0.29, 0.717) is 18.7 Å². The van der Waals surface area contributed by atoms with Crippen LogP contribution in [0.1, 0.15) is 29.8 Å². The summed E-state index contributed by atoms with van der Waals surface area (Å²) in [5, 5.41) is 3.10. The normalized spacial score (nSPS) is 21.5. The van der Waals surface area contributed by atoms with Gasteiger partial charge in [-0.15, -0.1) is 0 Å². The van der Waals surface area contributed by atoms with Crippen LogP contribution in [0.25, 0.3) is 0 Å². The summed E-state index contributed by atoms with van der Waals surface area (Å²) in [5.41, 5.74) is 7.30. The smallest absolute Gasteiger partial charge is 0.249 e. The van der Waals surface area contributed by atoms with E-state index >= 15 is 0 Å². The Balaban J connectivity index is 1.99. The standard InChI is InChI=1S/C16H23N3O3/c1-10-8-19(9-11(2)22-10)15(20)7-18-14-6-4-5-13(12(14)3)16(17)21/h4-6,10-11,18H,7-9H2,1-3H3,(H2,17,21). The zero-order chi connectivity index (χ0) is 16.3. The number of anilines is 1. The largest absolute Gasteiger partial charge is 0.376 e. The predicted molar refractivity (Wildman–Crippen MR) is 84.8 cm³/mol. The molecule has 1 heterocycles. The molecule has 1 aromatic rings. The summed E-state index contributed by atoms with van der Waals surface area (Å²) in [4.78, 5) is 25.5. The van der Waals surface area contributed by atoms with Gasteiger partial charge in [-0.1, -0.05) is 6.07 Å². The molecule has 0 spiro atoms. The third kappa shape index (κ3) is 3.76. The molecule has 0 aliphatic carbocycles. The van der Waals surface area contributed by atoms with Gasteiger partial charge in [-0.2, -0.15) is 0 Å². The van der Waals surface area contributed by atoms with Gasteiger partial charge in [0.05, 0.1) is 18.8 Å². The number of nitrogens with two attached hydrogens (primary N) is 1. The van der Waals surface area contributed by atoms with E-state index in [1.807, 2.05) is 26.8 Å². The van der Waals surface area contributed by atoms with Gasteiger partial charge in [-0.25, -0.2) is 0 Å². The van der Waals surface area contributed by atoms with Crippen molar-refractivity contribution in [3.63, 3.8) is 0 Å². The summed E-state index contributed by atoms with van der Waals surface area (Å²) < 4.78 is 5.62. The number of primary amides is 1. The maximum atomic E-state index is 12.3. The number of hydrogen-bond acceptors (Lipinski definition) is 4. The maximum absolute atomic E-state index is 12.3. The number of rotatable bonds is 4. The molecule has 1 aliphatic rings. The lowest BCUT2D eigenvalue weighted by Gasteiger charge is -2.35.